The second-order valence-electron chi connectivity index (χ2n) is 5.62. The molecule has 0 aromatic carbocycles. The van der Waals surface area contributed by atoms with Crippen LogP contribution in [0.2, 0.25) is 0 Å². The Labute approximate surface area is 128 Å². The van der Waals surface area contributed by atoms with Crippen LogP contribution in [-0.4, -0.2) is 26.6 Å². The van der Waals surface area contributed by atoms with E-state index in [0.717, 1.165) is 28.2 Å². The molecule has 0 aliphatic carbocycles. The van der Waals surface area contributed by atoms with Crippen molar-refractivity contribution >= 4 is 21.7 Å². The zero-order valence-electron chi connectivity index (χ0n) is 12.5. The fourth-order valence-corrected chi connectivity index (χ4v) is 2.95. The molecule has 0 saturated heterocycles. The minimum Gasteiger partial charge on any atom is -0.372 e. The summed E-state index contributed by atoms with van der Waals surface area (Å²) in [5.41, 5.74) is 1.84. The minimum atomic E-state index is -0.0702. The third-order valence-corrected chi connectivity index (χ3v) is 3.83. The molecule has 0 atom stereocenters. The summed E-state index contributed by atoms with van der Waals surface area (Å²) in [6, 6.07) is 0. The average molecular weight is 338 g/mol. The van der Waals surface area contributed by atoms with Gasteiger partial charge in [0.25, 0.3) is 0 Å². The third-order valence-electron chi connectivity index (χ3n) is 3.08. The standard InChI is InChI=1S/C14H20BrN5/c1-6-20-8-17-7-9(20)12-18-11(14(2,3)4)10(15)13(16-5)19-12/h7-8H,6H2,1-5H3,(H,16,18,19). The minimum absolute atomic E-state index is 0.0702. The first kappa shape index (κ1) is 15.0. The Balaban J connectivity index is 2.66. The number of aromatic nitrogens is 4. The van der Waals surface area contributed by atoms with Crippen LogP contribution in [0.25, 0.3) is 11.5 Å². The van der Waals surface area contributed by atoms with Crippen LogP contribution in [0.15, 0.2) is 17.0 Å². The highest BCUT2D eigenvalue weighted by Crippen LogP contribution is 2.34. The van der Waals surface area contributed by atoms with Gasteiger partial charge in [0.1, 0.15) is 11.5 Å². The van der Waals surface area contributed by atoms with Crippen molar-refractivity contribution in [3.8, 4) is 11.5 Å². The number of nitrogens with one attached hydrogen (secondary N) is 1. The summed E-state index contributed by atoms with van der Waals surface area (Å²) in [6.07, 6.45) is 3.61. The predicted octanol–water partition coefficient (Wildman–Crippen LogP) is 3.46. The summed E-state index contributed by atoms with van der Waals surface area (Å²) >= 11 is 3.60. The van der Waals surface area contributed by atoms with Crippen LogP contribution in [0.5, 0.6) is 0 Å². The molecule has 2 aromatic rings. The third kappa shape index (κ3) is 2.70. The molecule has 0 bridgehead atoms. The van der Waals surface area contributed by atoms with Gasteiger partial charge in [0, 0.05) is 19.0 Å². The molecule has 6 heteroatoms. The van der Waals surface area contributed by atoms with Gasteiger partial charge in [-0.2, -0.15) is 0 Å². The van der Waals surface area contributed by atoms with Crippen LogP contribution in [0.3, 0.4) is 0 Å². The van der Waals surface area contributed by atoms with Gasteiger partial charge in [-0.05, 0) is 22.9 Å². The predicted molar refractivity (Wildman–Crippen MR) is 84.9 cm³/mol. The molecule has 0 aliphatic heterocycles. The van der Waals surface area contributed by atoms with E-state index in [0.29, 0.717) is 5.82 Å². The molecule has 1 N–H and O–H groups in total. The Morgan fingerprint density at radius 3 is 2.55 bits per heavy atom. The first-order chi connectivity index (χ1) is 9.38. The highest BCUT2D eigenvalue weighted by Gasteiger charge is 2.24. The van der Waals surface area contributed by atoms with E-state index in [1.54, 1.807) is 12.5 Å². The number of hydrogen-bond acceptors (Lipinski definition) is 4. The monoisotopic (exact) mass is 337 g/mol. The van der Waals surface area contributed by atoms with E-state index in [4.69, 9.17) is 4.98 Å². The molecule has 0 radical (unpaired) electrons. The normalized spacial score (nSPS) is 11.7. The number of hydrogen-bond donors (Lipinski definition) is 1. The van der Waals surface area contributed by atoms with E-state index in [-0.39, 0.29) is 5.41 Å². The van der Waals surface area contributed by atoms with Crippen molar-refractivity contribution in [2.75, 3.05) is 12.4 Å². The van der Waals surface area contributed by atoms with Crippen molar-refractivity contribution < 1.29 is 0 Å². The molecular formula is C14H20BrN5. The quantitative estimate of drug-likeness (QED) is 0.931. The van der Waals surface area contributed by atoms with Crippen molar-refractivity contribution in [3.63, 3.8) is 0 Å². The highest BCUT2D eigenvalue weighted by atomic mass is 79.9. The zero-order valence-corrected chi connectivity index (χ0v) is 14.1. The lowest BCUT2D eigenvalue weighted by molar-refractivity contribution is 0.564. The van der Waals surface area contributed by atoms with Crippen molar-refractivity contribution in [3.05, 3.63) is 22.7 Å². The number of aryl methyl sites for hydroxylation is 1. The molecule has 5 nitrogen and oxygen atoms in total. The molecule has 2 heterocycles. The maximum atomic E-state index is 4.74. The lowest BCUT2D eigenvalue weighted by Gasteiger charge is -2.21. The van der Waals surface area contributed by atoms with E-state index in [9.17, 15) is 0 Å². The van der Waals surface area contributed by atoms with Crippen molar-refractivity contribution in [2.24, 2.45) is 0 Å². The summed E-state index contributed by atoms with van der Waals surface area (Å²) in [5.74, 6) is 1.49. The summed E-state index contributed by atoms with van der Waals surface area (Å²) in [5, 5.41) is 3.12. The molecule has 2 aromatic heterocycles. The smallest absolute Gasteiger partial charge is 0.180 e. The summed E-state index contributed by atoms with van der Waals surface area (Å²) in [7, 11) is 1.86. The fourth-order valence-electron chi connectivity index (χ4n) is 1.98. The largest absolute Gasteiger partial charge is 0.372 e. The van der Waals surface area contributed by atoms with Crippen LogP contribution in [0, 0.1) is 0 Å². The SMILES string of the molecule is CCn1cncc1-c1nc(NC)c(Br)c(C(C)(C)C)n1. The topological polar surface area (TPSA) is 55.6 Å². The number of imidazole rings is 1. The van der Waals surface area contributed by atoms with Crippen LogP contribution in [0.4, 0.5) is 5.82 Å². The Morgan fingerprint density at radius 1 is 1.30 bits per heavy atom. The lowest BCUT2D eigenvalue weighted by Crippen LogP contribution is -2.17. The Morgan fingerprint density at radius 2 is 2.00 bits per heavy atom. The average Bonchev–Trinajstić information content (AvgIpc) is 2.86. The highest BCUT2D eigenvalue weighted by molar-refractivity contribution is 9.10. The summed E-state index contributed by atoms with van der Waals surface area (Å²) < 4.78 is 2.95. The molecule has 20 heavy (non-hydrogen) atoms. The van der Waals surface area contributed by atoms with E-state index in [1.807, 2.05) is 11.6 Å². The van der Waals surface area contributed by atoms with Crippen molar-refractivity contribution in [1.82, 2.24) is 19.5 Å². The number of halogens is 1. The fraction of sp³-hybridized carbons (Fsp3) is 0.500. The van der Waals surface area contributed by atoms with Gasteiger partial charge in [-0.25, -0.2) is 15.0 Å². The second-order valence-corrected chi connectivity index (χ2v) is 6.42. The first-order valence-corrected chi connectivity index (χ1v) is 7.44. The van der Waals surface area contributed by atoms with Gasteiger partial charge >= 0.3 is 0 Å². The van der Waals surface area contributed by atoms with Gasteiger partial charge in [0.05, 0.1) is 22.7 Å². The maximum Gasteiger partial charge on any atom is 0.180 e. The van der Waals surface area contributed by atoms with Crippen LogP contribution >= 0.6 is 15.9 Å². The van der Waals surface area contributed by atoms with Gasteiger partial charge in [0.2, 0.25) is 0 Å². The van der Waals surface area contributed by atoms with Gasteiger partial charge < -0.3 is 9.88 Å². The van der Waals surface area contributed by atoms with Gasteiger partial charge in [-0.1, -0.05) is 20.8 Å². The number of anilines is 1. The Bertz CT molecular complexity index is 613. The summed E-state index contributed by atoms with van der Waals surface area (Å²) in [4.78, 5) is 13.5. The van der Waals surface area contributed by atoms with E-state index in [1.165, 1.54) is 0 Å². The molecule has 108 valence electrons. The molecular weight excluding hydrogens is 318 g/mol. The zero-order chi connectivity index (χ0) is 14.9. The molecule has 0 fully saturated rings. The second kappa shape index (κ2) is 5.52. The van der Waals surface area contributed by atoms with Crippen LogP contribution in [0.1, 0.15) is 33.4 Å². The Hall–Kier alpha value is -1.43. The first-order valence-electron chi connectivity index (χ1n) is 6.64. The van der Waals surface area contributed by atoms with E-state index >= 15 is 0 Å². The van der Waals surface area contributed by atoms with Crippen molar-refractivity contribution in [1.29, 1.82) is 0 Å². The van der Waals surface area contributed by atoms with Crippen LogP contribution in [-0.2, 0) is 12.0 Å². The van der Waals surface area contributed by atoms with E-state index < -0.39 is 0 Å². The Kier molecular flexibility index (Phi) is 4.13. The number of nitrogens with zero attached hydrogens (tertiary/aromatic N) is 4. The lowest BCUT2D eigenvalue weighted by atomic mass is 9.92. The van der Waals surface area contributed by atoms with Crippen molar-refractivity contribution in [2.45, 2.75) is 39.7 Å². The summed E-state index contributed by atoms with van der Waals surface area (Å²) in [6.45, 7) is 9.34. The van der Waals surface area contributed by atoms with Gasteiger partial charge in [-0.3, -0.25) is 0 Å². The molecule has 2 rings (SSSR count). The number of rotatable bonds is 3. The molecule has 0 aliphatic rings. The molecule has 0 amide bonds. The molecule has 0 spiro atoms. The molecule has 0 saturated carbocycles. The molecule has 0 unspecified atom stereocenters. The van der Waals surface area contributed by atoms with Gasteiger partial charge in [-0.15, -0.1) is 0 Å². The van der Waals surface area contributed by atoms with E-state index in [2.05, 4.69) is 58.9 Å². The maximum absolute atomic E-state index is 4.74. The van der Waals surface area contributed by atoms with Crippen LogP contribution < -0.4 is 5.32 Å². The van der Waals surface area contributed by atoms with Gasteiger partial charge in [0.15, 0.2) is 5.82 Å².